The molecule has 1 heterocycles. The van der Waals surface area contributed by atoms with Crippen molar-refractivity contribution in [2.45, 2.75) is 25.2 Å². The quantitative estimate of drug-likeness (QED) is 0.805. The van der Waals surface area contributed by atoms with E-state index in [1.807, 2.05) is 6.07 Å². The van der Waals surface area contributed by atoms with Crippen molar-refractivity contribution in [2.75, 3.05) is 27.2 Å². The first-order valence-corrected chi connectivity index (χ1v) is 5.98. The normalized spacial score (nSPS) is 19.5. The van der Waals surface area contributed by atoms with Crippen molar-refractivity contribution in [3.05, 3.63) is 29.8 Å². The van der Waals surface area contributed by atoms with Crippen LogP contribution < -0.4 is 4.74 Å². The van der Waals surface area contributed by atoms with E-state index >= 15 is 0 Å². The monoisotopic (exact) mass is 255 g/mol. The maximum absolute atomic E-state index is 5.48. The molecule has 2 nitrogen and oxygen atoms in total. The summed E-state index contributed by atoms with van der Waals surface area (Å²) in [5.74, 6) is 1.04. The largest absolute Gasteiger partial charge is 0.496 e. The van der Waals surface area contributed by atoms with Crippen molar-refractivity contribution < 1.29 is 4.74 Å². The number of rotatable bonds is 2. The van der Waals surface area contributed by atoms with Crippen LogP contribution in [0.15, 0.2) is 24.3 Å². The Morgan fingerprint density at radius 2 is 1.76 bits per heavy atom. The molecule has 17 heavy (non-hydrogen) atoms. The average Bonchev–Trinajstić information content (AvgIpc) is 2.33. The number of methoxy groups -OCH3 is 1. The summed E-state index contributed by atoms with van der Waals surface area (Å²) in [5, 5.41) is 0. The van der Waals surface area contributed by atoms with E-state index < -0.39 is 0 Å². The first kappa shape index (κ1) is 14.3. The molecule has 1 saturated heterocycles. The molecule has 0 bridgehead atoms. The van der Waals surface area contributed by atoms with Gasteiger partial charge in [0.25, 0.3) is 0 Å². The van der Waals surface area contributed by atoms with E-state index in [1.165, 1.54) is 31.5 Å². The Kier molecular flexibility index (Phi) is 4.84. The number of piperidine rings is 1. The van der Waals surface area contributed by atoms with Crippen molar-refractivity contribution in [2.24, 2.45) is 0 Å². The first-order valence-electron chi connectivity index (χ1n) is 5.98. The van der Waals surface area contributed by atoms with E-state index in [4.69, 9.17) is 4.74 Å². The minimum atomic E-state index is 0. The number of hydrogen-bond acceptors (Lipinski definition) is 2. The van der Waals surface area contributed by atoms with Gasteiger partial charge in [-0.15, -0.1) is 12.4 Å². The molecule has 0 atom stereocenters. The number of hydrogen-bond donors (Lipinski definition) is 0. The molecule has 1 fully saturated rings. The first-order chi connectivity index (χ1) is 7.65. The van der Waals surface area contributed by atoms with Gasteiger partial charge in [-0.1, -0.05) is 25.1 Å². The second-order valence-corrected chi connectivity index (χ2v) is 5.06. The molecule has 1 aliphatic rings. The van der Waals surface area contributed by atoms with E-state index in [2.05, 4.69) is 37.1 Å². The van der Waals surface area contributed by atoms with E-state index in [0.717, 1.165) is 5.75 Å². The average molecular weight is 256 g/mol. The summed E-state index contributed by atoms with van der Waals surface area (Å²) in [5.41, 5.74) is 1.64. The van der Waals surface area contributed by atoms with E-state index in [0.29, 0.717) is 0 Å². The second kappa shape index (κ2) is 5.74. The lowest BCUT2D eigenvalue weighted by Crippen LogP contribution is -2.39. The van der Waals surface area contributed by atoms with Crippen LogP contribution >= 0.6 is 12.4 Å². The van der Waals surface area contributed by atoms with Crippen molar-refractivity contribution in [3.8, 4) is 5.75 Å². The van der Waals surface area contributed by atoms with Gasteiger partial charge in [-0.3, -0.25) is 0 Å². The lowest BCUT2D eigenvalue weighted by atomic mass is 9.74. The molecule has 96 valence electrons. The SMILES string of the molecule is COc1ccccc1C1(C)CCN(C)CC1.Cl. The van der Waals surface area contributed by atoms with E-state index in [9.17, 15) is 0 Å². The number of para-hydroxylation sites is 1. The fourth-order valence-electron chi connectivity index (χ4n) is 2.52. The molecule has 0 radical (unpaired) electrons. The predicted molar refractivity (Wildman–Crippen MR) is 74.3 cm³/mol. The molecule has 0 aromatic heterocycles. The van der Waals surface area contributed by atoms with Gasteiger partial charge in [-0.25, -0.2) is 0 Å². The van der Waals surface area contributed by atoms with Gasteiger partial charge in [0.05, 0.1) is 7.11 Å². The zero-order valence-corrected chi connectivity index (χ0v) is 11.7. The summed E-state index contributed by atoms with van der Waals surface area (Å²) < 4.78 is 5.48. The van der Waals surface area contributed by atoms with Gasteiger partial charge < -0.3 is 9.64 Å². The molecule has 0 saturated carbocycles. The van der Waals surface area contributed by atoms with Crippen LogP contribution in [0.2, 0.25) is 0 Å². The van der Waals surface area contributed by atoms with Crippen LogP contribution in [0, 0.1) is 0 Å². The molecule has 3 heteroatoms. The Balaban J connectivity index is 0.00000144. The molecule has 1 aromatic rings. The molecule has 0 unspecified atom stereocenters. The Morgan fingerprint density at radius 1 is 1.18 bits per heavy atom. The molecule has 0 spiro atoms. The highest BCUT2D eigenvalue weighted by Crippen LogP contribution is 2.39. The molecule has 0 aliphatic carbocycles. The van der Waals surface area contributed by atoms with Crippen molar-refractivity contribution in [1.29, 1.82) is 0 Å². The topological polar surface area (TPSA) is 12.5 Å². The number of benzene rings is 1. The van der Waals surface area contributed by atoms with Crippen molar-refractivity contribution >= 4 is 12.4 Å². The van der Waals surface area contributed by atoms with Crippen LogP contribution in [0.1, 0.15) is 25.3 Å². The maximum atomic E-state index is 5.48. The number of halogens is 1. The third-order valence-corrected chi connectivity index (χ3v) is 3.85. The summed E-state index contributed by atoms with van der Waals surface area (Å²) in [6.07, 6.45) is 2.42. The Morgan fingerprint density at radius 3 is 2.35 bits per heavy atom. The Bertz CT molecular complexity index is 359. The van der Waals surface area contributed by atoms with Gasteiger partial charge >= 0.3 is 0 Å². The Hall–Kier alpha value is -0.730. The van der Waals surface area contributed by atoms with Crippen LogP contribution in [0.5, 0.6) is 5.75 Å². The smallest absolute Gasteiger partial charge is 0.122 e. The highest BCUT2D eigenvalue weighted by Gasteiger charge is 2.32. The molecule has 2 rings (SSSR count). The predicted octanol–water partition coefficient (Wildman–Crippen LogP) is 3.10. The van der Waals surface area contributed by atoms with Crippen LogP contribution in [0.3, 0.4) is 0 Å². The summed E-state index contributed by atoms with van der Waals surface area (Å²) in [6.45, 7) is 4.71. The molecule has 1 aliphatic heterocycles. The molecule has 0 amide bonds. The fourth-order valence-corrected chi connectivity index (χ4v) is 2.52. The van der Waals surface area contributed by atoms with Gasteiger partial charge in [0.2, 0.25) is 0 Å². The minimum Gasteiger partial charge on any atom is -0.496 e. The highest BCUT2D eigenvalue weighted by molar-refractivity contribution is 5.85. The van der Waals surface area contributed by atoms with E-state index in [-0.39, 0.29) is 17.8 Å². The van der Waals surface area contributed by atoms with Crippen LogP contribution in [0.25, 0.3) is 0 Å². The standard InChI is InChI=1S/C14H21NO.ClH/c1-14(8-10-15(2)11-9-14)12-6-4-5-7-13(12)16-3;/h4-7H,8-11H2,1-3H3;1H. The summed E-state index contributed by atoms with van der Waals surface area (Å²) in [4.78, 5) is 2.40. The van der Waals surface area contributed by atoms with Gasteiger partial charge in [-0.2, -0.15) is 0 Å². The van der Waals surface area contributed by atoms with Crippen LogP contribution in [-0.4, -0.2) is 32.1 Å². The number of ether oxygens (including phenoxy) is 1. The lowest BCUT2D eigenvalue weighted by Gasteiger charge is -2.38. The van der Waals surface area contributed by atoms with E-state index in [1.54, 1.807) is 7.11 Å². The van der Waals surface area contributed by atoms with Gasteiger partial charge in [-0.05, 0) is 44.5 Å². The highest BCUT2D eigenvalue weighted by atomic mass is 35.5. The second-order valence-electron chi connectivity index (χ2n) is 5.06. The number of likely N-dealkylation sites (tertiary alicyclic amines) is 1. The van der Waals surface area contributed by atoms with Gasteiger partial charge in [0.1, 0.15) is 5.75 Å². The number of nitrogens with zero attached hydrogens (tertiary/aromatic N) is 1. The molecule has 1 aromatic carbocycles. The third kappa shape index (κ3) is 2.93. The summed E-state index contributed by atoms with van der Waals surface area (Å²) in [7, 11) is 3.96. The third-order valence-electron chi connectivity index (χ3n) is 3.85. The van der Waals surface area contributed by atoms with Crippen LogP contribution in [-0.2, 0) is 5.41 Å². The Labute approximate surface area is 110 Å². The van der Waals surface area contributed by atoms with Crippen LogP contribution in [0.4, 0.5) is 0 Å². The van der Waals surface area contributed by atoms with Gasteiger partial charge in [0, 0.05) is 5.56 Å². The maximum Gasteiger partial charge on any atom is 0.122 e. The minimum absolute atomic E-state index is 0. The fraction of sp³-hybridized carbons (Fsp3) is 0.571. The molecular formula is C14H22ClNO. The summed E-state index contributed by atoms with van der Waals surface area (Å²) in [6, 6.07) is 8.44. The van der Waals surface area contributed by atoms with Gasteiger partial charge in [0.15, 0.2) is 0 Å². The molecular weight excluding hydrogens is 234 g/mol. The lowest BCUT2D eigenvalue weighted by molar-refractivity contribution is 0.196. The zero-order valence-electron chi connectivity index (χ0n) is 10.9. The van der Waals surface area contributed by atoms with Crippen molar-refractivity contribution in [3.63, 3.8) is 0 Å². The summed E-state index contributed by atoms with van der Waals surface area (Å²) >= 11 is 0. The van der Waals surface area contributed by atoms with Crippen molar-refractivity contribution in [1.82, 2.24) is 4.90 Å². The zero-order chi connectivity index (χ0) is 11.6. The molecule has 0 N–H and O–H groups in total.